The number of hydrogen-bond acceptors (Lipinski definition) is 5. The lowest BCUT2D eigenvalue weighted by molar-refractivity contribution is 0.881. The Hall–Kier alpha value is -2.05. The molecule has 0 amide bonds. The zero-order valence-electron chi connectivity index (χ0n) is 12.4. The minimum Gasteiger partial charge on any atom is -0.227 e. The van der Waals surface area contributed by atoms with Crippen molar-refractivity contribution in [2.75, 3.05) is 0 Å². The Morgan fingerprint density at radius 3 is 2.75 bits per heavy atom. The smallest absolute Gasteiger partial charge is 0.211 e. The largest absolute Gasteiger partial charge is 0.227 e. The predicted octanol–water partition coefficient (Wildman–Crippen LogP) is 3.88. The fourth-order valence-electron chi connectivity index (χ4n) is 2.25. The van der Waals surface area contributed by atoms with E-state index in [1.807, 2.05) is 49.9 Å². The van der Waals surface area contributed by atoms with Gasteiger partial charge in [-0.2, -0.15) is 5.10 Å². The van der Waals surface area contributed by atoms with Crippen LogP contribution in [0.5, 0.6) is 0 Å². The van der Waals surface area contributed by atoms with E-state index in [0.29, 0.717) is 10.2 Å². The fourth-order valence-corrected chi connectivity index (χ4v) is 3.30. The molecule has 0 atom stereocenters. The third kappa shape index (κ3) is 3.12. The zero-order chi connectivity index (χ0) is 16.4. The van der Waals surface area contributed by atoms with E-state index >= 15 is 0 Å². The van der Waals surface area contributed by atoms with E-state index in [4.69, 9.17) is 11.6 Å². The summed E-state index contributed by atoms with van der Waals surface area (Å²) < 4.78 is 1.70. The van der Waals surface area contributed by atoms with Gasteiger partial charge in [0.15, 0.2) is 0 Å². The average molecular weight is 353 g/mol. The van der Waals surface area contributed by atoms with Crippen LogP contribution < -0.4 is 0 Å². The normalized spacial score (nSPS) is 15.5. The van der Waals surface area contributed by atoms with E-state index in [2.05, 4.69) is 20.1 Å². The van der Waals surface area contributed by atoms with Crippen molar-refractivity contribution < 1.29 is 0 Å². The maximum absolute atomic E-state index is 6.16. The molecule has 1 aromatic carbocycles. The van der Waals surface area contributed by atoms with Crippen molar-refractivity contribution in [3.8, 4) is 5.00 Å². The lowest BCUT2D eigenvalue weighted by atomic mass is 10.1. The van der Waals surface area contributed by atoms with Crippen LogP contribution in [0, 0.1) is 31.6 Å². The predicted molar refractivity (Wildman–Crippen MR) is 95.3 cm³/mol. The lowest BCUT2D eigenvalue weighted by Gasteiger charge is -2.06. The van der Waals surface area contributed by atoms with E-state index in [1.165, 1.54) is 17.7 Å². The first-order valence-corrected chi connectivity index (χ1v) is 8.37. The number of aliphatic imine (C=N–C) groups is 1. The number of halogens is 1. The Kier molecular flexibility index (Phi) is 4.40. The number of aromatic nitrogens is 4. The van der Waals surface area contributed by atoms with Crippen molar-refractivity contribution in [2.45, 2.75) is 0 Å². The Morgan fingerprint density at radius 1 is 1.17 bits per heavy atom. The van der Waals surface area contributed by atoms with Crippen LogP contribution in [0.2, 0.25) is 5.02 Å². The molecule has 117 valence electrons. The third-order valence-electron chi connectivity index (χ3n) is 3.38. The Bertz CT molecular complexity index is 850. The summed E-state index contributed by atoms with van der Waals surface area (Å²) in [6, 6.07) is 7.56. The van der Waals surface area contributed by atoms with Crippen molar-refractivity contribution in [3.05, 3.63) is 84.8 Å². The first-order valence-electron chi connectivity index (χ1n) is 7.18. The van der Waals surface area contributed by atoms with Crippen LogP contribution in [0.3, 0.4) is 0 Å². The van der Waals surface area contributed by atoms with Crippen LogP contribution in [0.4, 0.5) is 5.13 Å². The van der Waals surface area contributed by atoms with Gasteiger partial charge >= 0.3 is 0 Å². The lowest BCUT2D eigenvalue weighted by Crippen LogP contribution is -2.02. The summed E-state index contributed by atoms with van der Waals surface area (Å²) in [4.78, 5) is 13.1. The molecular weight excluding hydrogens is 342 g/mol. The molecule has 1 fully saturated rings. The molecule has 0 bridgehead atoms. The molecule has 1 aliphatic rings. The highest BCUT2D eigenvalue weighted by atomic mass is 35.5. The third-order valence-corrected chi connectivity index (χ3v) is 4.68. The second kappa shape index (κ2) is 6.83. The molecule has 5 nitrogen and oxygen atoms in total. The maximum atomic E-state index is 6.16. The molecule has 7 heteroatoms. The van der Waals surface area contributed by atoms with Crippen LogP contribution >= 0.6 is 22.9 Å². The molecule has 1 aliphatic carbocycles. The quantitative estimate of drug-likeness (QED) is 0.669. The Balaban J connectivity index is 1.69. The van der Waals surface area contributed by atoms with Gasteiger partial charge in [-0.15, -0.1) is 0 Å². The van der Waals surface area contributed by atoms with Crippen molar-refractivity contribution in [1.29, 1.82) is 0 Å². The van der Waals surface area contributed by atoms with Crippen molar-refractivity contribution in [3.63, 3.8) is 0 Å². The minimum absolute atomic E-state index is 0.636. The molecule has 24 heavy (non-hydrogen) atoms. The zero-order valence-corrected chi connectivity index (χ0v) is 13.9. The van der Waals surface area contributed by atoms with Crippen molar-refractivity contribution in [1.82, 2.24) is 19.7 Å². The van der Waals surface area contributed by atoms with Crippen LogP contribution in [0.15, 0.2) is 41.9 Å². The van der Waals surface area contributed by atoms with Gasteiger partial charge in [0.2, 0.25) is 5.13 Å². The molecular formula is C17H11ClN5S. The SMILES string of the molecule is Clc1ccccc1/C=N/c1nc([C]2[CH][CH][CH][CH]2)c(-n2cncn2)s1. The highest BCUT2D eigenvalue weighted by Gasteiger charge is 2.26. The average Bonchev–Trinajstić information content (AvgIpc) is 3.33. The molecule has 0 spiro atoms. The second-order valence-corrected chi connectivity index (χ2v) is 6.31. The number of rotatable bonds is 4. The monoisotopic (exact) mass is 352 g/mol. The molecule has 0 unspecified atom stereocenters. The number of hydrogen-bond donors (Lipinski definition) is 0. The van der Waals surface area contributed by atoms with Crippen LogP contribution in [0.1, 0.15) is 11.3 Å². The summed E-state index contributed by atoms with van der Waals surface area (Å²) in [6.07, 6.45) is 12.9. The topological polar surface area (TPSA) is 56.0 Å². The molecule has 1 saturated carbocycles. The molecule has 0 N–H and O–H groups in total. The van der Waals surface area contributed by atoms with Gasteiger partial charge in [0.25, 0.3) is 0 Å². The summed E-state index contributed by atoms with van der Waals surface area (Å²) in [5.41, 5.74) is 1.69. The first kappa shape index (κ1) is 15.5. The van der Waals surface area contributed by atoms with Crippen LogP contribution in [-0.2, 0) is 0 Å². The summed E-state index contributed by atoms with van der Waals surface area (Å²) in [5, 5.41) is 6.38. The fraction of sp³-hybridized carbons (Fsp3) is 0. The summed E-state index contributed by atoms with van der Waals surface area (Å²) in [7, 11) is 0. The van der Waals surface area contributed by atoms with E-state index in [9.17, 15) is 0 Å². The van der Waals surface area contributed by atoms with E-state index in [1.54, 1.807) is 17.2 Å². The highest BCUT2D eigenvalue weighted by molar-refractivity contribution is 7.18. The minimum atomic E-state index is 0.636. The van der Waals surface area contributed by atoms with Gasteiger partial charge in [-0.05, 0) is 31.7 Å². The van der Waals surface area contributed by atoms with Gasteiger partial charge in [-0.25, -0.2) is 19.6 Å². The molecule has 5 radical (unpaired) electrons. The van der Waals surface area contributed by atoms with Crippen molar-refractivity contribution >= 4 is 34.3 Å². The Labute approximate surface area is 149 Å². The molecule has 2 heterocycles. The highest BCUT2D eigenvalue weighted by Crippen LogP contribution is 2.38. The number of thiazole rings is 1. The van der Waals surface area contributed by atoms with Crippen LogP contribution in [0.25, 0.3) is 5.00 Å². The van der Waals surface area contributed by atoms with E-state index in [0.717, 1.165) is 22.2 Å². The molecule has 0 saturated heterocycles. The van der Waals surface area contributed by atoms with E-state index in [-0.39, 0.29) is 0 Å². The van der Waals surface area contributed by atoms with Crippen molar-refractivity contribution in [2.24, 2.45) is 4.99 Å². The number of nitrogens with zero attached hydrogens (tertiary/aromatic N) is 5. The summed E-state index contributed by atoms with van der Waals surface area (Å²) >= 11 is 7.61. The van der Waals surface area contributed by atoms with Gasteiger partial charge in [0.05, 0.1) is 5.69 Å². The number of benzene rings is 1. The first-order chi connectivity index (χ1) is 11.8. The van der Waals surface area contributed by atoms with Gasteiger partial charge in [-0.1, -0.05) is 41.1 Å². The molecule has 2 aromatic heterocycles. The Morgan fingerprint density at radius 2 is 2.00 bits per heavy atom. The van der Waals surface area contributed by atoms with Gasteiger partial charge in [0.1, 0.15) is 17.7 Å². The van der Waals surface area contributed by atoms with Crippen LogP contribution in [-0.4, -0.2) is 26.0 Å². The standard InChI is InChI=1S/C17H11ClN5S/c18-14-8-4-3-7-13(14)9-20-17-22-15(12-5-1-2-6-12)16(24-17)23-11-19-10-21-23/h1-11H/b20-9+. The van der Waals surface area contributed by atoms with E-state index < -0.39 is 0 Å². The molecule has 3 aromatic rings. The van der Waals surface area contributed by atoms with Gasteiger partial charge < -0.3 is 0 Å². The molecule has 0 aliphatic heterocycles. The second-order valence-electron chi connectivity index (χ2n) is 4.94. The van der Waals surface area contributed by atoms with Gasteiger partial charge in [-0.3, -0.25) is 0 Å². The summed E-state index contributed by atoms with van der Waals surface area (Å²) in [6.45, 7) is 0. The van der Waals surface area contributed by atoms with Gasteiger partial charge in [0, 0.05) is 22.7 Å². The molecule has 4 rings (SSSR count). The maximum Gasteiger partial charge on any atom is 0.211 e. The summed E-state index contributed by atoms with van der Waals surface area (Å²) in [5.74, 6) is 1.02.